The van der Waals surface area contributed by atoms with E-state index in [1.165, 1.54) is 9.13 Å². The summed E-state index contributed by atoms with van der Waals surface area (Å²) in [4.78, 5) is 31.1. The van der Waals surface area contributed by atoms with Crippen molar-refractivity contribution >= 4 is 11.2 Å². The van der Waals surface area contributed by atoms with Crippen LogP contribution in [-0.4, -0.2) is 25.8 Å². The number of ether oxygens (including phenoxy) is 1. The van der Waals surface area contributed by atoms with E-state index in [0.29, 0.717) is 23.4 Å². The number of benzene rings is 2. The highest BCUT2D eigenvalue weighted by Crippen LogP contribution is 2.21. The lowest BCUT2D eigenvalue weighted by molar-refractivity contribution is 0.408. The Labute approximate surface area is 173 Å². The molecular formula is C23H24N4O3. The molecule has 0 unspecified atom stereocenters. The van der Waals surface area contributed by atoms with Gasteiger partial charge in [0.25, 0.3) is 5.56 Å². The Morgan fingerprint density at radius 1 is 1.03 bits per heavy atom. The van der Waals surface area contributed by atoms with Gasteiger partial charge in [-0.15, -0.1) is 0 Å². The molecule has 0 aliphatic heterocycles. The second-order valence-electron chi connectivity index (χ2n) is 7.53. The van der Waals surface area contributed by atoms with Crippen molar-refractivity contribution in [3.05, 3.63) is 86.8 Å². The van der Waals surface area contributed by atoms with Gasteiger partial charge >= 0.3 is 5.69 Å². The fourth-order valence-electron chi connectivity index (χ4n) is 3.78. The maximum absolute atomic E-state index is 13.3. The second-order valence-corrected chi connectivity index (χ2v) is 7.53. The Bertz CT molecular complexity index is 1340. The lowest BCUT2D eigenvalue weighted by Crippen LogP contribution is -2.41. The van der Waals surface area contributed by atoms with Crippen LogP contribution in [-0.2, 0) is 6.54 Å². The Morgan fingerprint density at radius 3 is 2.43 bits per heavy atom. The van der Waals surface area contributed by atoms with Crippen molar-refractivity contribution in [3.63, 3.8) is 0 Å². The minimum atomic E-state index is -0.389. The zero-order valence-electron chi connectivity index (χ0n) is 17.5. The van der Waals surface area contributed by atoms with Crippen LogP contribution >= 0.6 is 0 Å². The SMILES string of the molecule is COc1ccccc1Cn1cnc2c1c(=O)n(C(C)C)c(=O)n2-c1ccccc1C. The molecule has 2 aromatic carbocycles. The molecular weight excluding hydrogens is 380 g/mol. The topological polar surface area (TPSA) is 71.1 Å². The first-order chi connectivity index (χ1) is 14.4. The summed E-state index contributed by atoms with van der Waals surface area (Å²) in [5.41, 5.74) is 2.56. The summed E-state index contributed by atoms with van der Waals surface area (Å²) < 4.78 is 10.1. The van der Waals surface area contributed by atoms with E-state index in [1.807, 2.05) is 69.3 Å². The van der Waals surface area contributed by atoms with E-state index in [9.17, 15) is 9.59 Å². The number of fused-ring (bicyclic) bond motifs is 1. The predicted molar refractivity (Wildman–Crippen MR) is 117 cm³/mol. The Kier molecular flexibility index (Phi) is 5.03. The zero-order chi connectivity index (χ0) is 21.4. The van der Waals surface area contributed by atoms with E-state index >= 15 is 0 Å². The smallest absolute Gasteiger partial charge is 0.337 e. The lowest BCUT2D eigenvalue weighted by Gasteiger charge is -2.16. The average Bonchev–Trinajstić information content (AvgIpc) is 3.13. The van der Waals surface area contributed by atoms with E-state index in [4.69, 9.17) is 4.74 Å². The summed E-state index contributed by atoms with van der Waals surface area (Å²) in [7, 11) is 1.62. The van der Waals surface area contributed by atoms with Gasteiger partial charge in [0.05, 0.1) is 25.7 Å². The number of aromatic nitrogens is 4. The van der Waals surface area contributed by atoms with E-state index in [0.717, 1.165) is 16.9 Å². The molecule has 2 heterocycles. The Hall–Kier alpha value is -3.61. The van der Waals surface area contributed by atoms with Gasteiger partial charge in [0.1, 0.15) is 5.75 Å². The molecule has 7 nitrogen and oxygen atoms in total. The number of hydrogen-bond donors (Lipinski definition) is 0. The molecule has 0 N–H and O–H groups in total. The number of rotatable bonds is 5. The molecule has 0 aliphatic rings. The number of methoxy groups -OCH3 is 1. The Balaban J connectivity index is 2.04. The van der Waals surface area contributed by atoms with Gasteiger partial charge in [-0.05, 0) is 38.5 Å². The van der Waals surface area contributed by atoms with Crippen molar-refractivity contribution < 1.29 is 4.74 Å². The highest BCUT2D eigenvalue weighted by Gasteiger charge is 2.21. The first-order valence-corrected chi connectivity index (χ1v) is 9.84. The fraction of sp³-hybridized carbons (Fsp3) is 0.261. The first-order valence-electron chi connectivity index (χ1n) is 9.84. The second kappa shape index (κ2) is 7.67. The quantitative estimate of drug-likeness (QED) is 0.512. The van der Waals surface area contributed by atoms with Gasteiger partial charge in [-0.25, -0.2) is 14.3 Å². The molecule has 2 aromatic heterocycles. The monoisotopic (exact) mass is 404 g/mol. The van der Waals surface area contributed by atoms with Crippen LogP contribution in [0.4, 0.5) is 0 Å². The van der Waals surface area contributed by atoms with Crippen LogP contribution in [0, 0.1) is 6.92 Å². The third-order valence-electron chi connectivity index (χ3n) is 5.25. The molecule has 0 atom stereocenters. The number of nitrogens with zero attached hydrogens (tertiary/aromatic N) is 4. The van der Waals surface area contributed by atoms with E-state index in [1.54, 1.807) is 18.0 Å². The van der Waals surface area contributed by atoms with Crippen molar-refractivity contribution in [2.75, 3.05) is 7.11 Å². The van der Waals surface area contributed by atoms with Crippen molar-refractivity contribution in [2.45, 2.75) is 33.4 Å². The molecule has 0 radical (unpaired) electrons. The standard InChI is InChI=1S/C23H24N4O3/c1-15(2)26-22(28)20-21(27(23(26)29)18-11-7-5-9-16(18)3)24-14-25(20)13-17-10-6-8-12-19(17)30-4/h5-12,14-15H,13H2,1-4H3. The molecule has 0 fully saturated rings. The summed E-state index contributed by atoms with van der Waals surface area (Å²) in [6, 6.07) is 14.9. The van der Waals surface area contributed by atoms with Gasteiger partial charge in [-0.3, -0.25) is 9.36 Å². The van der Waals surface area contributed by atoms with Gasteiger partial charge < -0.3 is 9.30 Å². The molecule has 30 heavy (non-hydrogen) atoms. The molecule has 0 saturated carbocycles. The number of imidazole rings is 1. The van der Waals surface area contributed by atoms with Crippen molar-refractivity contribution in [1.29, 1.82) is 0 Å². The van der Waals surface area contributed by atoms with Crippen LogP contribution in [0.25, 0.3) is 16.9 Å². The summed E-state index contributed by atoms with van der Waals surface area (Å²) in [5.74, 6) is 0.732. The van der Waals surface area contributed by atoms with Crippen LogP contribution < -0.4 is 16.0 Å². The van der Waals surface area contributed by atoms with Crippen molar-refractivity contribution in [3.8, 4) is 11.4 Å². The molecule has 7 heteroatoms. The molecule has 0 amide bonds. The molecule has 0 saturated heterocycles. The van der Waals surface area contributed by atoms with Crippen molar-refractivity contribution in [2.24, 2.45) is 0 Å². The largest absolute Gasteiger partial charge is 0.496 e. The highest BCUT2D eigenvalue weighted by molar-refractivity contribution is 5.73. The summed E-state index contributed by atoms with van der Waals surface area (Å²) in [5, 5.41) is 0. The minimum Gasteiger partial charge on any atom is -0.496 e. The first kappa shape index (κ1) is 19.7. The summed E-state index contributed by atoms with van der Waals surface area (Å²) in [6.07, 6.45) is 1.61. The van der Waals surface area contributed by atoms with Crippen molar-refractivity contribution in [1.82, 2.24) is 18.7 Å². The van der Waals surface area contributed by atoms with Crippen LogP contribution in [0.15, 0.2) is 64.4 Å². The molecule has 4 aromatic rings. The normalized spacial score (nSPS) is 11.4. The van der Waals surface area contributed by atoms with Crippen LogP contribution in [0.5, 0.6) is 5.75 Å². The molecule has 154 valence electrons. The molecule has 0 bridgehead atoms. The lowest BCUT2D eigenvalue weighted by atomic mass is 10.2. The predicted octanol–water partition coefficient (Wildman–Crippen LogP) is 3.30. The number of para-hydroxylation sites is 2. The van der Waals surface area contributed by atoms with Gasteiger partial charge in [0, 0.05) is 11.6 Å². The van der Waals surface area contributed by atoms with Crippen LogP contribution in [0.1, 0.15) is 31.0 Å². The maximum atomic E-state index is 13.3. The van der Waals surface area contributed by atoms with Crippen LogP contribution in [0.3, 0.4) is 0 Å². The number of aryl methyl sites for hydroxylation is 1. The maximum Gasteiger partial charge on any atom is 0.337 e. The third kappa shape index (κ3) is 3.12. The highest BCUT2D eigenvalue weighted by atomic mass is 16.5. The van der Waals surface area contributed by atoms with E-state index in [-0.39, 0.29) is 17.3 Å². The minimum absolute atomic E-state index is 0.292. The van der Waals surface area contributed by atoms with Crippen LogP contribution in [0.2, 0.25) is 0 Å². The number of hydrogen-bond acceptors (Lipinski definition) is 4. The van der Waals surface area contributed by atoms with Gasteiger partial charge in [-0.2, -0.15) is 0 Å². The third-order valence-corrected chi connectivity index (χ3v) is 5.25. The van der Waals surface area contributed by atoms with Gasteiger partial charge in [0.15, 0.2) is 11.2 Å². The van der Waals surface area contributed by atoms with Gasteiger partial charge in [0.2, 0.25) is 0 Å². The molecule has 4 rings (SSSR count). The summed E-state index contributed by atoms with van der Waals surface area (Å²) >= 11 is 0. The van der Waals surface area contributed by atoms with E-state index in [2.05, 4.69) is 4.98 Å². The zero-order valence-corrected chi connectivity index (χ0v) is 17.5. The molecule has 0 aliphatic carbocycles. The summed E-state index contributed by atoms with van der Waals surface area (Å²) in [6.45, 7) is 6.00. The fourth-order valence-corrected chi connectivity index (χ4v) is 3.78. The Morgan fingerprint density at radius 2 is 1.73 bits per heavy atom. The van der Waals surface area contributed by atoms with Gasteiger partial charge in [-0.1, -0.05) is 36.4 Å². The average molecular weight is 404 g/mol. The van der Waals surface area contributed by atoms with E-state index < -0.39 is 0 Å². The molecule has 0 spiro atoms.